The molecular formula is C12H17N3O3S. The van der Waals surface area contributed by atoms with Gasteiger partial charge in [-0.2, -0.15) is 0 Å². The van der Waals surface area contributed by atoms with Crippen LogP contribution < -0.4 is 5.32 Å². The Kier molecular flexibility index (Phi) is 4.04. The number of anilines is 1. The first-order chi connectivity index (χ1) is 9.02. The van der Waals surface area contributed by atoms with Gasteiger partial charge in [0.1, 0.15) is 6.04 Å². The first-order valence-corrected chi connectivity index (χ1v) is 7.11. The van der Waals surface area contributed by atoms with Crippen molar-refractivity contribution >= 4 is 28.5 Å². The SMILES string of the molecule is CCc1nc(NC(=O)C2CCCN2C(=O)O)sc1C. The quantitative estimate of drug-likeness (QED) is 0.890. The molecule has 0 aliphatic carbocycles. The Labute approximate surface area is 115 Å². The number of hydrogen-bond acceptors (Lipinski definition) is 4. The normalized spacial score (nSPS) is 18.6. The summed E-state index contributed by atoms with van der Waals surface area (Å²) < 4.78 is 0. The standard InChI is InChI=1S/C12H17N3O3S/c1-3-8-7(2)19-11(13-8)14-10(16)9-5-4-6-15(9)12(17)18/h9H,3-6H2,1-2H3,(H,17,18)(H,13,14,16). The fourth-order valence-corrected chi connectivity index (χ4v) is 3.17. The van der Waals surface area contributed by atoms with Crippen LogP contribution >= 0.6 is 11.3 Å². The predicted molar refractivity (Wildman–Crippen MR) is 72.6 cm³/mol. The van der Waals surface area contributed by atoms with E-state index in [2.05, 4.69) is 10.3 Å². The molecule has 1 unspecified atom stereocenters. The zero-order valence-corrected chi connectivity index (χ0v) is 11.8. The minimum atomic E-state index is -1.04. The Hall–Kier alpha value is -1.63. The number of carbonyl (C=O) groups is 2. The van der Waals surface area contributed by atoms with Gasteiger partial charge in [-0.1, -0.05) is 6.92 Å². The number of rotatable bonds is 3. The topological polar surface area (TPSA) is 82.5 Å². The van der Waals surface area contributed by atoms with Gasteiger partial charge >= 0.3 is 6.09 Å². The summed E-state index contributed by atoms with van der Waals surface area (Å²) in [6, 6.07) is -0.591. The van der Waals surface area contributed by atoms with Crippen LogP contribution in [0.25, 0.3) is 0 Å². The van der Waals surface area contributed by atoms with Gasteiger partial charge in [0.2, 0.25) is 5.91 Å². The minimum Gasteiger partial charge on any atom is -0.465 e. The van der Waals surface area contributed by atoms with Crippen LogP contribution in [0.15, 0.2) is 0 Å². The van der Waals surface area contributed by atoms with Crippen LogP contribution in [0.3, 0.4) is 0 Å². The lowest BCUT2D eigenvalue weighted by molar-refractivity contribution is -0.119. The molecule has 2 amide bonds. The van der Waals surface area contributed by atoms with Gasteiger partial charge in [-0.15, -0.1) is 11.3 Å². The van der Waals surface area contributed by atoms with Crippen molar-refractivity contribution in [3.8, 4) is 0 Å². The second-order valence-corrected chi connectivity index (χ2v) is 5.70. The number of carbonyl (C=O) groups excluding carboxylic acids is 1. The largest absolute Gasteiger partial charge is 0.465 e. The third-order valence-corrected chi connectivity index (χ3v) is 4.19. The highest BCUT2D eigenvalue weighted by Gasteiger charge is 2.34. The van der Waals surface area contributed by atoms with Crippen molar-refractivity contribution in [2.45, 2.75) is 39.2 Å². The van der Waals surface area contributed by atoms with Crippen LogP contribution in [-0.4, -0.2) is 39.6 Å². The second-order valence-electron chi connectivity index (χ2n) is 4.50. The Morgan fingerprint density at radius 3 is 2.89 bits per heavy atom. The minimum absolute atomic E-state index is 0.281. The van der Waals surface area contributed by atoms with E-state index >= 15 is 0 Å². The van der Waals surface area contributed by atoms with Gasteiger partial charge < -0.3 is 10.4 Å². The smallest absolute Gasteiger partial charge is 0.407 e. The summed E-state index contributed by atoms with van der Waals surface area (Å²) in [5.41, 5.74) is 0.974. The molecule has 104 valence electrons. The highest BCUT2D eigenvalue weighted by molar-refractivity contribution is 7.15. The van der Waals surface area contributed by atoms with Crippen molar-refractivity contribution in [1.29, 1.82) is 0 Å². The second kappa shape index (κ2) is 5.56. The van der Waals surface area contributed by atoms with Gasteiger partial charge in [-0.05, 0) is 26.2 Å². The van der Waals surface area contributed by atoms with E-state index in [1.807, 2.05) is 13.8 Å². The van der Waals surface area contributed by atoms with Crippen molar-refractivity contribution in [1.82, 2.24) is 9.88 Å². The van der Waals surface area contributed by atoms with E-state index in [9.17, 15) is 9.59 Å². The van der Waals surface area contributed by atoms with E-state index in [1.165, 1.54) is 16.2 Å². The van der Waals surface area contributed by atoms with Gasteiger partial charge in [0.05, 0.1) is 5.69 Å². The van der Waals surface area contributed by atoms with E-state index in [1.54, 1.807) is 0 Å². The van der Waals surface area contributed by atoms with Gasteiger partial charge in [0, 0.05) is 11.4 Å². The molecule has 2 N–H and O–H groups in total. The Morgan fingerprint density at radius 1 is 1.58 bits per heavy atom. The number of nitrogens with zero attached hydrogens (tertiary/aromatic N) is 2. The molecule has 2 rings (SSSR count). The van der Waals surface area contributed by atoms with Crippen LogP contribution in [0.4, 0.5) is 9.93 Å². The van der Waals surface area contributed by atoms with E-state index in [4.69, 9.17) is 5.11 Å². The summed E-state index contributed by atoms with van der Waals surface area (Å²) >= 11 is 1.43. The van der Waals surface area contributed by atoms with Crippen molar-refractivity contribution in [2.24, 2.45) is 0 Å². The van der Waals surface area contributed by atoms with E-state index in [0.29, 0.717) is 18.1 Å². The van der Waals surface area contributed by atoms with Gasteiger partial charge in [-0.25, -0.2) is 9.78 Å². The molecule has 1 atom stereocenters. The molecule has 7 heteroatoms. The highest BCUT2D eigenvalue weighted by atomic mass is 32.1. The molecule has 0 aromatic carbocycles. The summed E-state index contributed by atoms with van der Waals surface area (Å²) in [4.78, 5) is 29.7. The molecule has 1 aromatic rings. The summed E-state index contributed by atoms with van der Waals surface area (Å²) in [5.74, 6) is -0.281. The number of aromatic nitrogens is 1. The van der Waals surface area contributed by atoms with Crippen LogP contribution in [0.1, 0.15) is 30.3 Å². The van der Waals surface area contributed by atoms with Crippen molar-refractivity contribution in [3.05, 3.63) is 10.6 Å². The maximum absolute atomic E-state index is 12.1. The summed E-state index contributed by atoms with van der Waals surface area (Å²) in [5, 5.41) is 12.3. The van der Waals surface area contributed by atoms with Crippen LogP contribution in [0.5, 0.6) is 0 Å². The molecule has 19 heavy (non-hydrogen) atoms. The van der Waals surface area contributed by atoms with Crippen molar-refractivity contribution in [3.63, 3.8) is 0 Å². The molecule has 1 saturated heterocycles. The lowest BCUT2D eigenvalue weighted by atomic mass is 10.2. The number of carboxylic acid groups (broad SMARTS) is 1. The first kappa shape index (κ1) is 13.8. The average molecular weight is 283 g/mol. The molecule has 1 fully saturated rings. The number of likely N-dealkylation sites (tertiary alicyclic amines) is 1. The molecular weight excluding hydrogens is 266 g/mol. The van der Waals surface area contributed by atoms with Gasteiger partial charge in [-0.3, -0.25) is 9.69 Å². The molecule has 1 aliphatic heterocycles. The fraction of sp³-hybridized carbons (Fsp3) is 0.583. The molecule has 0 saturated carbocycles. The first-order valence-electron chi connectivity index (χ1n) is 6.29. The molecule has 0 spiro atoms. The summed E-state index contributed by atoms with van der Waals surface area (Å²) in [6.45, 7) is 4.40. The Balaban J connectivity index is 2.06. The molecule has 1 aliphatic rings. The van der Waals surface area contributed by atoms with Gasteiger partial charge in [0.25, 0.3) is 0 Å². The van der Waals surface area contributed by atoms with Crippen LogP contribution in [-0.2, 0) is 11.2 Å². The molecule has 2 heterocycles. The van der Waals surface area contributed by atoms with E-state index in [-0.39, 0.29) is 5.91 Å². The number of nitrogens with one attached hydrogen (secondary N) is 1. The summed E-state index contributed by atoms with van der Waals surface area (Å²) in [7, 11) is 0. The fourth-order valence-electron chi connectivity index (χ4n) is 2.27. The van der Waals surface area contributed by atoms with E-state index in [0.717, 1.165) is 23.4 Å². The number of hydrogen-bond donors (Lipinski definition) is 2. The van der Waals surface area contributed by atoms with Crippen molar-refractivity contribution < 1.29 is 14.7 Å². The maximum Gasteiger partial charge on any atom is 0.407 e. The number of thiazole rings is 1. The zero-order valence-electron chi connectivity index (χ0n) is 11.0. The lowest BCUT2D eigenvalue weighted by Crippen LogP contribution is -2.42. The molecule has 1 aromatic heterocycles. The monoisotopic (exact) mass is 283 g/mol. The maximum atomic E-state index is 12.1. The zero-order chi connectivity index (χ0) is 14.0. The Bertz CT molecular complexity index is 500. The molecule has 0 bridgehead atoms. The number of amides is 2. The highest BCUT2D eigenvalue weighted by Crippen LogP contribution is 2.24. The lowest BCUT2D eigenvalue weighted by Gasteiger charge is -2.19. The van der Waals surface area contributed by atoms with Gasteiger partial charge in [0.15, 0.2) is 5.13 Å². The third-order valence-electron chi connectivity index (χ3n) is 3.26. The summed E-state index contributed by atoms with van der Waals surface area (Å²) in [6.07, 6.45) is 1.08. The van der Waals surface area contributed by atoms with Crippen LogP contribution in [0, 0.1) is 6.92 Å². The molecule has 6 nitrogen and oxygen atoms in total. The van der Waals surface area contributed by atoms with E-state index < -0.39 is 12.1 Å². The van der Waals surface area contributed by atoms with Crippen molar-refractivity contribution in [2.75, 3.05) is 11.9 Å². The van der Waals surface area contributed by atoms with Crippen LogP contribution in [0.2, 0.25) is 0 Å². The predicted octanol–water partition coefficient (Wildman–Crippen LogP) is 2.09. The average Bonchev–Trinajstić information content (AvgIpc) is 2.95. The Morgan fingerprint density at radius 2 is 2.32 bits per heavy atom. The number of aryl methyl sites for hydroxylation is 2. The molecule has 0 radical (unpaired) electrons. The third kappa shape index (κ3) is 2.86.